The van der Waals surface area contributed by atoms with E-state index in [1.54, 1.807) is 6.20 Å². The molecule has 25 heavy (non-hydrogen) atoms. The fourth-order valence-electron chi connectivity index (χ4n) is 3.14. The summed E-state index contributed by atoms with van der Waals surface area (Å²) in [6.07, 6.45) is 4.53. The minimum atomic E-state index is 0.690. The summed E-state index contributed by atoms with van der Waals surface area (Å²) in [4.78, 5) is 4.28. The van der Waals surface area contributed by atoms with Crippen molar-refractivity contribution in [2.45, 2.75) is 6.42 Å². The number of benzene rings is 3. The quantitative estimate of drug-likeness (QED) is 0.509. The Bertz CT molecular complexity index is 1060. The molecule has 0 aliphatic heterocycles. The first-order valence-corrected chi connectivity index (χ1v) is 8.24. The number of fused-ring (bicyclic) bond motifs is 1. The van der Waals surface area contributed by atoms with Gasteiger partial charge in [-0.3, -0.25) is 4.98 Å². The van der Waals surface area contributed by atoms with Crippen LogP contribution in [0.2, 0.25) is 0 Å². The van der Waals surface area contributed by atoms with Crippen LogP contribution in [-0.4, -0.2) is 4.98 Å². The van der Waals surface area contributed by atoms with Gasteiger partial charge in [0.15, 0.2) is 0 Å². The Labute approximate surface area is 147 Å². The van der Waals surface area contributed by atoms with Gasteiger partial charge >= 0.3 is 0 Å². The fraction of sp³-hybridized carbons (Fsp3) is 0.0435. The van der Waals surface area contributed by atoms with E-state index >= 15 is 0 Å². The maximum atomic E-state index is 8.97. The summed E-state index contributed by atoms with van der Waals surface area (Å²) >= 11 is 0. The molecule has 2 heteroatoms. The van der Waals surface area contributed by atoms with Gasteiger partial charge in [0.2, 0.25) is 0 Å². The molecule has 0 radical (unpaired) electrons. The van der Waals surface area contributed by atoms with E-state index in [2.05, 4.69) is 53.5 Å². The summed E-state index contributed by atoms with van der Waals surface area (Å²) in [5.41, 5.74) is 5.47. The SMILES string of the molecule is N#Cc1ccc(Cc2cc3ccccc3cc2-c2cccnc2)cc1. The third-order valence-electron chi connectivity index (χ3n) is 4.42. The van der Waals surface area contributed by atoms with E-state index in [0.717, 1.165) is 12.0 Å². The van der Waals surface area contributed by atoms with Crippen molar-refractivity contribution in [1.29, 1.82) is 5.26 Å². The molecule has 1 aromatic heterocycles. The molecule has 0 saturated carbocycles. The van der Waals surface area contributed by atoms with Crippen molar-refractivity contribution >= 4 is 10.8 Å². The van der Waals surface area contributed by atoms with E-state index in [-0.39, 0.29) is 0 Å². The molecule has 0 bridgehead atoms. The van der Waals surface area contributed by atoms with Gasteiger partial charge < -0.3 is 0 Å². The molecule has 1 heterocycles. The average Bonchev–Trinajstić information content (AvgIpc) is 2.69. The normalized spacial score (nSPS) is 10.5. The molecule has 2 nitrogen and oxygen atoms in total. The molecular formula is C23H16N2. The second kappa shape index (κ2) is 6.59. The molecule has 0 fully saturated rings. The van der Waals surface area contributed by atoms with Crippen molar-refractivity contribution < 1.29 is 0 Å². The third-order valence-corrected chi connectivity index (χ3v) is 4.42. The minimum Gasteiger partial charge on any atom is -0.264 e. The summed E-state index contributed by atoms with van der Waals surface area (Å²) in [5, 5.41) is 11.4. The zero-order valence-corrected chi connectivity index (χ0v) is 13.7. The molecule has 0 aliphatic rings. The number of pyridine rings is 1. The lowest BCUT2D eigenvalue weighted by Gasteiger charge is -2.12. The Kier molecular flexibility index (Phi) is 3.98. The van der Waals surface area contributed by atoms with Gasteiger partial charge in [-0.1, -0.05) is 48.5 Å². The predicted molar refractivity (Wildman–Crippen MR) is 101 cm³/mol. The molecule has 0 atom stereocenters. The summed E-state index contributed by atoms with van der Waals surface area (Å²) in [6.45, 7) is 0. The lowest BCUT2D eigenvalue weighted by Crippen LogP contribution is -1.94. The van der Waals surface area contributed by atoms with Crippen molar-refractivity contribution in [3.05, 3.63) is 102 Å². The van der Waals surface area contributed by atoms with Gasteiger partial charge in [-0.25, -0.2) is 0 Å². The van der Waals surface area contributed by atoms with E-state index in [1.807, 2.05) is 36.5 Å². The summed E-state index contributed by atoms with van der Waals surface area (Å²) in [7, 11) is 0. The Morgan fingerprint density at radius 3 is 2.28 bits per heavy atom. The monoisotopic (exact) mass is 320 g/mol. The number of hydrogen-bond acceptors (Lipinski definition) is 2. The number of nitriles is 1. The van der Waals surface area contributed by atoms with Crippen LogP contribution in [0, 0.1) is 11.3 Å². The van der Waals surface area contributed by atoms with Crippen molar-refractivity contribution in [2.75, 3.05) is 0 Å². The van der Waals surface area contributed by atoms with Crippen LogP contribution in [-0.2, 0) is 6.42 Å². The Balaban J connectivity index is 1.84. The van der Waals surface area contributed by atoms with E-state index in [4.69, 9.17) is 5.26 Å². The first-order chi connectivity index (χ1) is 12.3. The number of rotatable bonds is 3. The summed E-state index contributed by atoms with van der Waals surface area (Å²) in [5.74, 6) is 0. The van der Waals surface area contributed by atoms with Crippen molar-refractivity contribution in [2.24, 2.45) is 0 Å². The summed E-state index contributed by atoms with van der Waals surface area (Å²) in [6, 6.07) is 27.0. The molecule has 0 amide bonds. The topological polar surface area (TPSA) is 36.7 Å². The molecule has 0 saturated heterocycles. The van der Waals surface area contributed by atoms with Gasteiger partial charge in [0, 0.05) is 18.0 Å². The van der Waals surface area contributed by atoms with Gasteiger partial charge in [0.1, 0.15) is 0 Å². The zero-order chi connectivity index (χ0) is 17.1. The smallest absolute Gasteiger partial charge is 0.0991 e. The second-order valence-electron chi connectivity index (χ2n) is 6.08. The Hall–Kier alpha value is -3.44. The molecule has 0 unspecified atom stereocenters. The molecule has 4 rings (SSSR count). The lowest BCUT2D eigenvalue weighted by atomic mass is 9.92. The molecule has 3 aromatic carbocycles. The average molecular weight is 320 g/mol. The first-order valence-electron chi connectivity index (χ1n) is 8.24. The number of aromatic nitrogens is 1. The second-order valence-corrected chi connectivity index (χ2v) is 6.08. The standard InChI is InChI=1S/C23H16N2/c24-15-18-9-7-17(8-10-18)12-22-13-19-4-1-2-5-20(19)14-23(22)21-6-3-11-25-16-21/h1-11,13-14,16H,12H2. The molecule has 0 N–H and O–H groups in total. The molecular weight excluding hydrogens is 304 g/mol. The maximum absolute atomic E-state index is 8.97. The highest BCUT2D eigenvalue weighted by Gasteiger charge is 2.09. The zero-order valence-electron chi connectivity index (χ0n) is 13.7. The Morgan fingerprint density at radius 2 is 1.60 bits per heavy atom. The van der Waals surface area contributed by atoms with Crippen LogP contribution in [0.1, 0.15) is 16.7 Å². The molecule has 0 aliphatic carbocycles. The van der Waals surface area contributed by atoms with Crippen LogP contribution < -0.4 is 0 Å². The highest BCUT2D eigenvalue weighted by atomic mass is 14.6. The third kappa shape index (κ3) is 3.13. The van der Waals surface area contributed by atoms with Gasteiger partial charge in [-0.15, -0.1) is 0 Å². The van der Waals surface area contributed by atoms with Gasteiger partial charge in [0.05, 0.1) is 11.6 Å². The van der Waals surface area contributed by atoms with E-state index in [9.17, 15) is 0 Å². The largest absolute Gasteiger partial charge is 0.264 e. The van der Waals surface area contributed by atoms with Crippen molar-refractivity contribution in [3.63, 3.8) is 0 Å². The van der Waals surface area contributed by atoms with Gasteiger partial charge in [-0.05, 0) is 58.1 Å². The van der Waals surface area contributed by atoms with E-state index in [1.165, 1.54) is 27.5 Å². The van der Waals surface area contributed by atoms with E-state index < -0.39 is 0 Å². The van der Waals surface area contributed by atoms with Crippen LogP contribution in [0.5, 0.6) is 0 Å². The molecule has 118 valence electrons. The number of nitrogens with zero attached hydrogens (tertiary/aromatic N) is 2. The maximum Gasteiger partial charge on any atom is 0.0991 e. The molecule has 0 spiro atoms. The van der Waals surface area contributed by atoms with Crippen LogP contribution >= 0.6 is 0 Å². The minimum absolute atomic E-state index is 0.690. The fourth-order valence-corrected chi connectivity index (χ4v) is 3.14. The lowest BCUT2D eigenvalue weighted by molar-refractivity contribution is 1.19. The van der Waals surface area contributed by atoms with Crippen molar-refractivity contribution in [3.8, 4) is 17.2 Å². The molecule has 4 aromatic rings. The highest BCUT2D eigenvalue weighted by molar-refractivity contribution is 5.89. The van der Waals surface area contributed by atoms with Gasteiger partial charge in [0.25, 0.3) is 0 Å². The van der Waals surface area contributed by atoms with E-state index in [0.29, 0.717) is 5.56 Å². The van der Waals surface area contributed by atoms with Crippen LogP contribution in [0.15, 0.2) is 85.2 Å². The van der Waals surface area contributed by atoms with Crippen LogP contribution in [0.3, 0.4) is 0 Å². The first kappa shape index (κ1) is 15.1. The van der Waals surface area contributed by atoms with Crippen molar-refractivity contribution in [1.82, 2.24) is 4.98 Å². The summed E-state index contributed by atoms with van der Waals surface area (Å²) < 4.78 is 0. The van der Waals surface area contributed by atoms with Gasteiger partial charge in [-0.2, -0.15) is 5.26 Å². The van der Waals surface area contributed by atoms with Crippen LogP contribution in [0.25, 0.3) is 21.9 Å². The number of hydrogen-bond donors (Lipinski definition) is 0. The van der Waals surface area contributed by atoms with Crippen LogP contribution in [0.4, 0.5) is 0 Å². The Morgan fingerprint density at radius 1 is 0.840 bits per heavy atom. The highest BCUT2D eigenvalue weighted by Crippen LogP contribution is 2.30. The predicted octanol–water partition coefficient (Wildman–Crippen LogP) is 5.36.